The van der Waals surface area contributed by atoms with Crippen molar-refractivity contribution in [2.24, 2.45) is 5.92 Å². The van der Waals surface area contributed by atoms with Crippen LogP contribution in [-0.2, 0) is 16.4 Å². The van der Waals surface area contributed by atoms with Crippen molar-refractivity contribution in [2.45, 2.75) is 46.1 Å². The minimum absolute atomic E-state index is 0.0204. The van der Waals surface area contributed by atoms with Crippen LogP contribution in [0.5, 0.6) is 0 Å². The zero-order valence-electron chi connectivity index (χ0n) is 19.0. The molecule has 1 saturated heterocycles. The van der Waals surface area contributed by atoms with Gasteiger partial charge in [0.25, 0.3) is 11.5 Å². The molecule has 1 amide bonds. The van der Waals surface area contributed by atoms with Gasteiger partial charge in [0.15, 0.2) is 0 Å². The van der Waals surface area contributed by atoms with Crippen molar-refractivity contribution in [2.75, 3.05) is 17.5 Å². The Morgan fingerprint density at radius 3 is 2.70 bits per heavy atom. The maximum absolute atomic E-state index is 14.0. The Balaban J connectivity index is 1.93. The van der Waals surface area contributed by atoms with Gasteiger partial charge < -0.3 is 15.3 Å². The molecule has 2 atom stereocenters. The number of anilines is 1. The third-order valence-corrected chi connectivity index (χ3v) is 6.43. The summed E-state index contributed by atoms with van der Waals surface area (Å²) in [5.74, 6) is -0.661. The van der Waals surface area contributed by atoms with Crippen LogP contribution in [0.3, 0.4) is 0 Å². The van der Waals surface area contributed by atoms with Gasteiger partial charge in [0.2, 0.25) is 10.0 Å². The molecule has 0 spiro atoms. The molecule has 3 rings (SSSR count). The van der Waals surface area contributed by atoms with E-state index in [-0.39, 0.29) is 34.9 Å². The number of halogens is 1. The van der Waals surface area contributed by atoms with Crippen LogP contribution >= 0.6 is 0 Å². The lowest BCUT2D eigenvalue weighted by atomic mass is 9.88. The van der Waals surface area contributed by atoms with Crippen molar-refractivity contribution in [1.82, 2.24) is 14.9 Å². The number of likely N-dealkylation sites (tertiary alicyclic amines) is 1. The first-order chi connectivity index (χ1) is 15.4. The van der Waals surface area contributed by atoms with Crippen molar-refractivity contribution >= 4 is 27.3 Å². The predicted octanol–water partition coefficient (Wildman–Crippen LogP) is 2.40. The van der Waals surface area contributed by atoms with Crippen molar-refractivity contribution in [3.05, 3.63) is 57.0 Å². The number of benzene rings is 1. The number of piperidine rings is 1. The van der Waals surface area contributed by atoms with Gasteiger partial charge in [0.05, 0.1) is 23.5 Å². The quantitative estimate of drug-likeness (QED) is 0.549. The maximum Gasteiger partial charge on any atom is 0.256 e. The number of aromatic nitrogens is 2. The summed E-state index contributed by atoms with van der Waals surface area (Å²) in [4.78, 5) is 34.0. The lowest BCUT2D eigenvalue weighted by molar-refractivity contribution is 0.0642. The summed E-state index contributed by atoms with van der Waals surface area (Å²) in [6, 6.07) is 2.68. The van der Waals surface area contributed by atoms with Crippen molar-refractivity contribution < 1.29 is 17.6 Å². The average Bonchev–Trinajstić information content (AvgIpc) is 2.71. The van der Waals surface area contributed by atoms with E-state index in [0.29, 0.717) is 36.5 Å². The Hall–Kier alpha value is -3.08. The highest BCUT2D eigenvalue weighted by molar-refractivity contribution is 7.92. The van der Waals surface area contributed by atoms with E-state index in [4.69, 9.17) is 5.41 Å². The van der Waals surface area contributed by atoms with Gasteiger partial charge in [-0.2, -0.15) is 0 Å². The molecule has 2 heterocycles. The van der Waals surface area contributed by atoms with E-state index in [1.54, 1.807) is 13.8 Å². The Kier molecular flexibility index (Phi) is 7.01. The molecule has 0 saturated carbocycles. The SMILES string of the molecule is Cc1nc(CC(=N)C2CC(C)CCN2C(=O)c2cc(F)ccc2NS(C)(=O)=O)[nH]c(=O)c1C. The zero-order chi connectivity index (χ0) is 24.5. The highest BCUT2D eigenvalue weighted by Crippen LogP contribution is 2.28. The van der Waals surface area contributed by atoms with E-state index in [1.165, 1.54) is 11.0 Å². The van der Waals surface area contributed by atoms with Gasteiger partial charge in [0.1, 0.15) is 11.6 Å². The molecule has 178 valence electrons. The topological polar surface area (TPSA) is 136 Å². The van der Waals surface area contributed by atoms with Crippen LogP contribution in [-0.4, -0.2) is 53.7 Å². The van der Waals surface area contributed by atoms with E-state index >= 15 is 0 Å². The van der Waals surface area contributed by atoms with Crippen molar-refractivity contribution in [3.8, 4) is 0 Å². The second-order valence-electron chi connectivity index (χ2n) is 8.63. The molecular formula is C22H28FN5O4S. The fraction of sp³-hybridized carbons (Fsp3) is 0.455. The molecule has 1 aromatic carbocycles. The lowest BCUT2D eigenvalue weighted by Crippen LogP contribution is -2.50. The number of nitrogens with zero attached hydrogens (tertiary/aromatic N) is 2. The first-order valence-electron chi connectivity index (χ1n) is 10.6. The molecule has 3 N–H and O–H groups in total. The Labute approximate surface area is 192 Å². The number of H-pyrrole nitrogens is 1. The van der Waals surface area contributed by atoms with Crippen LogP contribution in [0.1, 0.15) is 47.2 Å². The summed E-state index contributed by atoms with van der Waals surface area (Å²) < 4.78 is 39.7. The third-order valence-electron chi connectivity index (χ3n) is 5.84. The minimum Gasteiger partial charge on any atom is -0.330 e. The van der Waals surface area contributed by atoms with E-state index in [2.05, 4.69) is 14.7 Å². The fourth-order valence-electron chi connectivity index (χ4n) is 3.94. The smallest absolute Gasteiger partial charge is 0.256 e. The van der Waals surface area contributed by atoms with Crippen LogP contribution in [0.25, 0.3) is 0 Å². The number of rotatable bonds is 6. The zero-order valence-corrected chi connectivity index (χ0v) is 19.8. The van der Waals surface area contributed by atoms with Crippen molar-refractivity contribution in [1.29, 1.82) is 5.41 Å². The molecule has 2 unspecified atom stereocenters. The Morgan fingerprint density at radius 1 is 1.36 bits per heavy atom. The molecule has 1 aliphatic heterocycles. The van der Waals surface area contributed by atoms with E-state index in [0.717, 1.165) is 18.4 Å². The summed E-state index contributed by atoms with van der Waals surface area (Å²) in [6.07, 6.45) is 2.21. The molecule has 0 aliphatic carbocycles. The molecule has 1 fully saturated rings. The number of carbonyl (C=O) groups excluding carboxylic acids is 1. The van der Waals surface area contributed by atoms with Gasteiger partial charge >= 0.3 is 0 Å². The van der Waals surface area contributed by atoms with Crippen molar-refractivity contribution in [3.63, 3.8) is 0 Å². The summed E-state index contributed by atoms with van der Waals surface area (Å²) in [7, 11) is -3.70. The highest BCUT2D eigenvalue weighted by Gasteiger charge is 2.34. The number of aryl methyl sites for hydroxylation is 1. The number of nitrogens with one attached hydrogen (secondary N) is 3. The lowest BCUT2D eigenvalue weighted by Gasteiger charge is -2.39. The first kappa shape index (κ1) is 24.6. The van der Waals surface area contributed by atoms with Gasteiger partial charge in [-0.05, 0) is 50.8 Å². The Bertz CT molecular complexity index is 1260. The molecule has 1 aromatic heterocycles. The van der Waals surface area contributed by atoms with E-state index in [1.807, 2.05) is 6.92 Å². The number of sulfonamides is 1. The normalized spacial score (nSPS) is 18.8. The molecule has 33 heavy (non-hydrogen) atoms. The monoisotopic (exact) mass is 477 g/mol. The minimum atomic E-state index is -3.70. The van der Waals surface area contributed by atoms with E-state index in [9.17, 15) is 22.4 Å². The summed E-state index contributed by atoms with van der Waals surface area (Å²) in [5, 5.41) is 8.69. The van der Waals surface area contributed by atoms with Crippen LogP contribution in [0.4, 0.5) is 10.1 Å². The van der Waals surface area contributed by atoms with Gasteiger partial charge in [-0.15, -0.1) is 0 Å². The predicted molar refractivity (Wildman–Crippen MR) is 124 cm³/mol. The molecule has 1 aliphatic rings. The number of amides is 1. The second kappa shape index (κ2) is 9.42. The maximum atomic E-state index is 14.0. The molecular weight excluding hydrogens is 449 g/mol. The molecule has 0 radical (unpaired) electrons. The molecule has 0 bridgehead atoms. The summed E-state index contributed by atoms with van der Waals surface area (Å²) >= 11 is 0. The average molecular weight is 478 g/mol. The highest BCUT2D eigenvalue weighted by atomic mass is 32.2. The largest absolute Gasteiger partial charge is 0.330 e. The van der Waals surface area contributed by atoms with Gasteiger partial charge in [-0.3, -0.25) is 14.3 Å². The standard InChI is InChI=1S/C22H28FN5O4S/c1-12-7-8-28(22(30)16-10-15(23)5-6-18(16)27-33(4,31)32)19(9-12)17(24)11-20-25-14(3)13(2)21(29)26-20/h5-6,10,12,19,24,27H,7-9,11H2,1-4H3,(H,25,26,29). The van der Waals surface area contributed by atoms with E-state index < -0.39 is 27.8 Å². The summed E-state index contributed by atoms with van der Waals surface area (Å²) in [6.45, 7) is 5.74. The number of aromatic amines is 1. The first-order valence-corrected chi connectivity index (χ1v) is 12.5. The van der Waals surface area contributed by atoms with Crippen LogP contribution in [0.15, 0.2) is 23.0 Å². The van der Waals surface area contributed by atoms with Crippen LogP contribution in [0.2, 0.25) is 0 Å². The Morgan fingerprint density at radius 2 is 2.06 bits per heavy atom. The summed E-state index contributed by atoms with van der Waals surface area (Å²) in [5.41, 5.74) is 0.855. The van der Waals surface area contributed by atoms with Gasteiger partial charge in [0, 0.05) is 29.9 Å². The molecule has 11 heteroatoms. The van der Waals surface area contributed by atoms with Gasteiger partial charge in [-0.25, -0.2) is 17.8 Å². The van der Waals surface area contributed by atoms with Crippen LogP contribution < -0.4 is 10.3 Å². The fourth-order valence-corrected chi connectivity index (χ4v) is 4.51. The number of hydrogen-bond donors (Lipinski definition) is 3. The van der Waals surface area contributed by atoms with Gasteiger partial charge in [-0.1, -0.05) is 6.92 Å². The third kappa shape index (κ3) is 5.84. The van der Waals surface area contributed by atoms with Crippen LogP contribution in [0, 0.1) is 31.0 Å². The second-order valence-corrected chi connectivity index (χ2v) is 10.4. The number of carbonyl (C=O) groups is 1. The molecule has 9 nitrogen and oxygen atoms in total. The number of hydrogen-bond acceptors (Lipinski definition) is 6. The molecule has 2 aromatic rings.